The molecule has 1 aliphatic carbocycles. The molecule has 2 heterocycles. The maximum Gasteiger partial charge on any atom is 0.237 e. The van der Waals surface area contributed by atoms with E-state index in [0.29, 0.717) is 13.0 Å². The molecule has 6 nitrogen and oxygen atoms in total. The van der Waals surface area contributed by atoms with Crippen molar-refractivity contribution in [3.8, 4) is 0 Å². The summed E-state index contributed by atoms with van der Waals surface area (Å²) in [6, 6.07) is 10.1. The van der Waals surface area contributed by atoms with E-state index < -0.39 is 6.10 Å². The second-order valence-electron chi connectivity index (χ2n) is 8.19. The van der Waals surface area contributed by atoms with Crippen LogP contribution in [0.5, 0.6) is 0 Å². The number of likely N-dealkylation sites (tertiary alicyclic amines) is 2. The maximum atomic E-state index is 13.2. The van der Waals surface area contributed by atoms with E-state index in [0.717, 1.165) is 44.3 Å². The molecule has 0 radical (unpaired) electrons. The second kappa shape index (κ2) is 7.24. The smallest absolute Gasteiger partial charge is 0.237 e. The molecule has 1 saturated carbocycles. The fraction of sp³-hybridized carbons (Fsp3) is 0.619. The molecular weight excluding hydrogens is 342 g/mol. The molecule has 2 saturated heterocycles. The Kier molecular flexibility index (Phi) is 4.95. The van der Waals surface area contributed by atoms with Gasteiger partial charge in [-0.05, 0) is 37.7 Å². The van der Waals surface area contributed by atoms with Gasteiger partial charge in [-0.15, -0.1) is 0 Å². The van der Waals surface area contributed by atoms with Gasteiger partial charge in [0.25, 0.3) is 0 Å². The predicted octanol–water partition coefficient (Wildman–Crippen LogP) is 0.890. The van der Waals surface area contributed by atoms with Gasteiger partial charge in [0, 0.05) is 32.7 Å². The Bertz CT molecular complexity index is 696. The summed E-state index contributed by atoms with van der Waals surface area (Å²) in [7, 11) is 1.64. The van der Waals surface area contributed by atoms with E-state index in [-0.39, 0.29) is 29.3 Å². The zero-order valence-electron chi connectivity index (χ0n) is 15.9. The molecule has 4 rings (SSSR count). The van der Waals surface area contributed by atoms with Crippen LogP contribution < -0.4 is 5.32 Å². The van der Waals surface area contributed by atoms with Gasteiger partial charge in [-0.3, -0.25) is 14.5 Å². The summed E-state index contributed by atoms with van der Waals surface area (Å²) in [4.78, 5) is 29.5. The first-order valence-electron chi connectivity index (χ1n) is 10.1. The van der Waals surface area contributed by atoms with Crippen molar-refractivity contribution < 1.29 is 14.7 Å². The van der Waals surface area contributed by atoms with Gasteiger partial charge >= 0.3 is 0 Å². The van der Waals surface area contributed by atoms with Crippen LogP contribution >= 0.6 is 0 Å². The zero-order valence-corrected chi connectivity index (χ0v) is 15.9. The molecule has 0 unspecified atom stereocenters. The van der Waals surface area contributed by atoms with Gasteiger partial charge < -0.3 is 15.3 Å². The van der Waals surface area contributed by atoms with Crippen LogP contribution in [0.2, 0.25) is 0 Å². The number of amides is 2. The molecule has 27 heavy (non-hydrogen) atoms. The Hall–Kier alpha value is -1.92. The van der Waals surface area contributed by atoms with Gasteiger partial charge in [0.1, 0.15) is 0 Å². The summed E-state index contributed by atoms with van der Waals surface area (Å²) >= 11 is 0. The number of nitrogens with zero attached hydrogens (tertiary/aromatic N) is 2. The van der Waals surface area contributed by atoms with Crippen molar-refractivity contribution in [1.82, 2.24) is 15.1 Å². The van der Waals surface area contributed by atoms with Gasteiger partial charge in [0.2, 0.25) is 11.8 Å². The molecule has 6 heteroatoms. The number of likely N-dealkylation sites (N-methyl/N-ethyl adjacent to an activating group) is 1. The average molecular weight is 371 g/mol. The van der Waals surface area contributed by atoms with Crippen molar-refractivity contribution >= 4 is 11.8 Å². The van der Waals surface area contributed by atoms with E-state index in [1.807, 2.05) is 23.1 Å². The monoisotopic (exact) mass is 371 g/mol. The number of hydrogen-bond donors (Lipinski definition) is 2. The van der Waals surface area contributed by atoms with Crippen LogP contribution in [0.1, 0.15) is 37.7 Å². The molecule has 1 aromatic rings. The molecule has 3 aliphatic rings. The number of carbonyl (C=O) groups is 2. The van der Waals surface area contributed by atoms with Gasteiger partial charge in [0.05, 0.1) is 17.6 Å². The highest BCUT2D eigenvalue weighted by Crippen LogP contribution is 2.49. The molecule has 2 aliphatic heterocycles. The molecular formula is C21H29N3O3. The summed E-state index contributed by atoms with van der Waals surface area (Å²) in [6.07, 6.45) is 3.64. The van der Waals surface area contributed by atoms with Gasteiger partial charge in [-0.2, -0.15) is 0 Å². The standard InChI is InChI=1S/C21H29N3O3/c1-22-19(26)18-13-17(25)14-24(18)16-7-11-23(12-8-16)20(27)21(9-10-21)15-5-3-2-4-6-15/h2-6,16-18,25H,7-14H2,1H3,(H,22,26)/t17-,18+/m1/s1. The fourth-order valence-corrected chi connectivity index (χ4v) is 4.88. The molecule has 1 aromatic carbocycles. The van der Waals surface area contributed by atoms with Gasteiger partial charge in [0.15, 0.2) is 0 Å². The summed E-state index contributed by atoms with van der Waals surface area (Å²) in [6.45, 7) is 2.00. The van der Waals surface area contributed by atoms with Crippen molar-refractivity contribution in [2.75, 3.05) is 26.7 Å². The lowest BCUT2D eigenvalue weighted by molar-refractivity contribution is -0.136. The number of piperidine rings is 1. The summed E-state index contributed by atoms with van der Waals surface area (Å²) in [5.41, 5.74) is 0.835. The van der Waals surface area contributed by atoms with E-state index in [1.165, 1.54) is 0 Å². The number of β-amino-alcohol motifs (C(OH)–C–C–N with tert-alkyl or cyclic N) is 1. The lowest BCUT2D eigenvalue weighted by atomic mass is 9.92. The number of carbonyl (C=O) groups excluding carboxylic acids is 2. The van der Waals surface area contributed by atoms with Crippen LogP contribution in [0.25, 0.3) is 0 Å². The van der Waals surface area contributed by atoms with Crippen molar-refractivity contribution in [3.63, 3.8) is 0 Å². The van der Waals surface area contributed by atoms with Crippen molar-refractivity contribution in [1.29, 1.82) is 0 Å². The summed E-state index contributed by atoms with van der Waals surface area (Å²) in [5.74, 6) is 0.238. The molecule has 2 N–H and O–H groups in total. The van der Waals surface area contributed by atoms with E-state index in [2.05, 4.69) is 22.3 Å². The Morgan fingerprint density at radius 3 is 2.41 bits per heavy atom. The van der Waals surface area contributed by atoms with Crippen LogP contribution in [-0.2, 0) is 15.0 Å². The number of rotatable bonds is 4. The first kappa shape index (κ1) is 18.4. The first-order valence-corrected chi connectivity index (χ1v) is 10.1. The number of aliphatic hydroxyl groups is 1. The third-order valence-corrected chi connectivity index (χ3v) is 6.57. The van der Waals surface area contributed by atoms with E-state index >= 15 is 0 Å². The lowest BCUT2D eigenvalue weighted by Gasteiger charge is -2.40. The lowest BCUT2D eigenvalue weighted by Crippen LogP contribution is -2.53. The maximum absolute atomic E-state index is 13.2. The molecule has 0 bridgehead atoms. The quantitative estimate of drug-likeness (QED) is 0.825. The highest BCUT2D eigenvalue weighted by atomic mass is 16.3. The third-order valence-electron chi connectivity index (χ3n) is 6.57. The van der Waals surface area contributed by atoms with Crippen LogP contribution in [-0.4, -0.2) is 71.6 Å². The van der Waals surface area contributed by atoms with Crippen LogP contribution in [0.4, 0.5) is 0 Å². The van der Waals surface area contributed by atoms with Crippen LogP contribution in [0.15, 0.2) is 30.3 Å². The van der Waals surface area contributed by atoms with Crippen molar-refractivity contribution in [2.45, 2.75) is 55.7 Å². The molecule has 2 atom stereocenters. The molecule has 0 spiro atoms. The van der Waals surface area contributed by atoms with E-state index in [9.17, 15) is 14.7 Å². The van der Waals surface area contributed by atoms with Crippen molar-refractivity contribution in [2.24, 2.45) is 0 Å². The Balaban J connectivity index is 1.39. The zero-order chi connectivity index (χ0) is 19.0. The van der Waals surface area contributed by atoms with Crippen LogP contribution in [0, 0.1) is 0 Å². The number of nitrogens with one attached hydrogen (secondary N) is 1. The molecule has 3 fully saturated rings. The number of benzene rings is 1. The van der Waals surface area contributed by atoms with E-state index in [1.54, 1.807) is 7.05 Å². The number of hydrogen-bond acceptors (Lipinski definition) is 4. The Morgan fingerprint density at radius 2 is 1.81 bits per heavy atom. The fourth-order valence-electron chi connectivity index (χ4n) is 4.88. The van der Waals surface area contributed by atoms with Crippen molar-refractivity contribution in [3.05, 3.63) is 35.9 Å². The Labute approximate surface area is 160 Å². The number of aliphatic hydroxyl groups excluding tert-OH is 1. The second-order valence-corrected chi connectivity index (χ2v) is 8.19. The van der Waals surface area contributed by atoms with Crippen LogP contribution in [0.3, 0.4) is 0 Å². The molecule has 0 aromatic heterocycles. The highest BCUT2D eigenvalue weighted by molar-refractivity contribution is 5.91. The largest absolute Gasteiger partial charge is 0.392 e. The summed E-state index contributed by atoms with van der Waals surface area (Å²) < 4.78 is 0. The average Bonchev–Trinajstić information content (AvgIpc) is 3.44. The third kappa shape index (κ3) is 3.36. The SMILES string of the molecule is CNC(=O)[C@@H]1C[C@@H](O)CN1C1CCN(C(=O)C2(c3ccccc3)CC2)CC1. The molecule has 146 valence electrons. The van der Waals surface area contributed by atoms with Gasteiger partial charge in [-0.25, -0.2) is 0 Å². The Morgan fingerprint density at radius 1 is 1.15 bits per heavy atom. The first-order chi connectivity index (χ1) is 13.0. The minimum absolute atomic E-state index is 0.0222. The van der Waals surface area contributed by atoms with E-state index in [4.69, 9.17) is 0 Å². The topological polar surface area (TPSA) is 72.9 Å². The predicted molar refractivity (Wildman–Crippen MR) is 102 cm³/mol. The highest BCUT2D eigenvalue weighted by Gasteiger charge is 2.53. The van der Waals surface area contributed by atoms with Gasteiger partial charge in [-0.1, -0.05) is 30.3 Å². The summed E-state index contributed by atoms with van der Waals surface area (Å²) in [5, 5.41) is 12.8. The minimum atomic E-state index is -0.445. The normalized spacial score (nSPS) is 28.1. The minimum Gasteiger partial charge on any atom is -0.392 e. The molecule has 2 amide bonds.